The van der Waals surface area contributed by atoms with E-state index in [9.17, 15) is 0 Å². The lowest BCUT2D eigenvalue weighted by Gasteiger charge is -2.32. The van der Waals surface area contributed by atoms with Gasteiger partial charge < -0.3 is 15.1 Å². The number of hydrogen-bond donors (Lipinski definition) is 1. The highest BCUT2D eigenvalue weighted by Crippen LogP contribution is 2.22. The molecule has 0 spiro atoms. The molecule has 4 nitrogen and oxygen atoms in total. The maximum absolute atomic E-state index is 4.50. The molecule has 0 aliphatic rings. The Bertz CT molecular complexity index is 369. The maximum Gasteiger partial charge on any atom is 0.185 e. The first-order chi connectivity index (χ1) is 8.90. The second kappa shape index (κ2) is 7.22. The van der Waals surface area contributed by atoms with Gasteiger partial charge >= 0.3 is 0 Å². The molecule has 19 heavy (non-hydrogen) atoms. The van der Waals surface area contributed by atoms with Gasteiger partial charge in [-0.2, -0.15) is 0 Å². The fourth-order valence-corrected chi connectivity index (χ4v) is 2.68. The third kappa shape index (κ3) is 4.75. The minimum absolute atomic E-state index is 0.173. The number of anilines is 1. The van der Waals surface area contributed by atoms with Crippen LogP contribution in [0.1, 0.15) is 32.6 Å². The van der Waals surface area contributed by atoms with Crippen molar-refractivity contribution in [2.45, 2.75) is 39.8 Å². The number of nitrogens with zero attached hydrogens (tertiary/aromatic N) is 3. The summed E-state index contributed by atoms with van der Waals surface area (Å²) in [6, 6.07) is 0. The Hall–Kier alpha value is -0.650. The normalized spacial score (nSPS) is 12.2. The summed E-state index contributed by atoms with van der Waals surface area (Å²) in [6.07, 6.45) is 1.99. The molecule has 0 bridgehead atoms. The summed E-state index contributed by atoms with van der Waals surface area (Å²) in [4.78, 5) is 10.3. The van der Waals surface area contributed by atoms with Crippen molar-refractivity contribution in [2.24, 2.45) is 0 Å². The van der Waals surface area contributed by atoms with Crippen LogP contribution >= 0.6 is 11.3 Å². The monoisotopic (exact) mass is 284 g/mol. The van der Waals surface area contributed by atoms with E-state index in [1.54, 1.807) is 11.3 Å². The lowest BCUT2D eigenvalue weighted by Crippen LogP contribution is -2.46. The Morgan fingerprint density at radius 1 is 1.26 bits per heavy atom. The fraction of sp³-hybridized carbons (Fsp3) is 0.786. The van der Waals surface area contributed by atoms with Crippen LogP contribution in [-0.4, -0.2) is 49.2 Å². The van der Waals surface area contributed by atoms with Crippen molar-refractivity contribution in [2.75, 3.05) is 38.6 Å². The standard InChI is InChI=1S/C14H28N4S/c1-7-18(8-2)13-16-10-12(19-13)9-15-11-14(3,4)17(5)6/h10,15H,7-9,11H2,1-6H3. The van der Waals surface area contributed by atoms with E-state index in [1.807, 2.05) is 6.20 Å². The molecular formula is C14H28N4S. The molecule has 1 N–H and O–H groups in total. The van der Waals surface area contributed by atoms with Gasteiger partial charge in [0.05, 0.1) is 0 Å². The van der Waals surface area contributed by atoms with Crippen LogP contribution in [0, 0.1) is 0 Å². The number of likely N-dealkylation sites (N-methyl/N-ethyl adjacent to an activating group) is 1. The van der Waals surface area contributed by atoms with E-state index in [1.165, 1.54) is 4.88 Å². The molecule has 0 unspecified atom stereocenters. The van der Waals surface area contributed by atoms with Gasteiger partial charge in [0, 0.05) is 42.8 Å². The molecule has 0 amide bonds. The summed E-state index contributed by atoms with van der Waals surface area (Å²) < 4.78 is 0. The lowest BCUT2D eigenvalue weighted by molar-refractivity contribution is 0.190. The van der Waals surface area contributed by atoms with Gasteiger partial charge in [-0.3, -0.25) is 0 Å². The maximum atomic E-state index is 4.50. The van der Waals surface area contributed by atoms with E-state index in [0.717, 1.165) is 31.3 Å². The zero-order valence-corrected chi connectivity index (χ0v) is 14.0. The van der Waals surface area contributed by atoms with Gasteiger partial charge in [0.2, 0.25) is 0 Å². The van der Waals surface area contributed by atoms with Gasteiger partial charge in [0.1, 0.15) is 0 Å². The van der Waals surface area contributed by atoms with Crippen molar-refractivity contribution in [3.8, 4) is 0 Å². The van der Waals surface area contributed by atoms with Crippen LogP contribution < -0.4 is 10.2 Å². The average Bonchev–Trinajstić information content (AvgIpc) is 2.79. The fourth-order valence-electron chi connectivity index (χ4n) is 1.67. The predicted octanol–water partition coefficient (Wildman–Crippen LogP) is 2.42. The van der Waals surface area contributed by atoms with Crippen molar-refractivity contribution in [1.29, 1.82) is 0 Å². The average molecular weight is 284 g/mol. The Morgan fingerprint density at radius 2 is 1.89 bits per heavy atom. The van der Waals surface area contributed by atoms with Crippen LogP contribution in [0.4, 0.5) is 5.13 Å². The first-order valence-electron chi connectivity index (χ1n) is 6.98. The summed E-state index contributed by atoms with van der Waals surface area (Å²) in [6.45, 7) is 12.7. The molecule has 0 aliphatic carbocycles. The van der Waals surface area contributed by atoms with E-state index in [2.05, 4.69) is 61.9 Å². The predicted molar refractivity (Wildman–Crippen MR) is 85.1 cm³/mol. The van der Waals surface area contributed by atoms with Crippen molar-refractivity contribution in [3.63, 3.8) is 0 Å². The molecule has 5 heteroatoms. The SMILES string of the molecule is CCN(CC)c1ncc(CNCC(C)(C)N(C)C)s1. The lowest BCUT2D eigenvalue weighted by atomic mass is 10.0. The van der Waals surface area contributed by atoms with E-state index < -0.39 is 0 Å². The van der Waals surface area contributed by atoms with E-state index in [0.29, 0.717) is 0 Å². The van der Waals surface area contributed by atoms with E-state index in [4.69, 9.17) is 0 Å². The van der Waals surface area contributed by atoms with Crippen LogP contribution in [-0.2, 0) is 6.54 Å². The minimum atomic E-state index is 0.173. The summed E-state index contributed by atoms with van der Waals surface area (Å²) in [5.74, 6) is 0. The zero-order valence-electron chi connectivity index (χ0n) is 13.2. The van der Waals surface area contributed by atoms with Gasteiger partial charge in [-0.05, 0) is 41.8 Å². The van der Waals surface area contributed by atoms with Gasteiger partial charge in [-0.15, -0.1) is 11.3 Å². The van der Waals surface area contributed by atoms with Gasteiger partial charge in [0.25, 0.3) is 0 Å². The van der Waals surface area contributed by atoms with Crippen LogP contribution in [0.15, 0.2) is 6.20 Å². The molecule has 0 saturated carbocycles. The highest BCUT2D eigenvalue weighted by Gasteiger charge is 2.19. The first kappa shape index (κ1) is 16.4. The summed E-state index contributed by atoms with van der Waals surface area (Å²) in [5.41, 5.74) is 0.173. The second-order valence-electron chi connectivity index (χ2n) is 5.59. The van der Waals surface area contributed by atoms with Crippen LogP contribution in [0.3, 0.4) is 0 Å². The molecule has 1 aromatic rings. The Balaban J connectivity index is 2.47. The van der Waals surface area contributed by atoms with Gasteiger partial charge in [-0.25, -0.2) is 4.98 Å². The smallest absolute Gasteiger partial charge is 0.185 e. The highest BCUT2D eigenvalue weighted by molar-refractivity contribution is 7.15. The Morgan fingerprint density at radius 3 is 2.42 bits per heavy atom. The molecule has 0 aliphatic heterocycles. The highest BCUT2D eigenvalue weighted by atomic mass is 32.1. The Kier molecular flexibility index (Phi) is 6.23. The quantitative estimate of drug-likeness (QED) is 0.794. The van der Waals surface area contributed by atoms with Crippen LogP contribution in [0.25, 0.3) is 0 Å². The second-order valence-corrected chi connectivity index (χ2v) is 6.69. The van der Waals surface area contributed by atoms with Crippen molar-refractivity contribution >= 4 is 16.5 Å². The molecule has 1 heterocycles. The molecule has 110 valence electrons. The number of aromatic nitrogens is 1. The Labute approximate surface area is 121 Å². The van der Waals surface area contributed by atoms with Crippen molar-refractivity contribution < 1.29 is 0 Å². The van der Waals surface area contributed by atoms with Crippen molar-refractivity contribution in [1.82, 2.24) is 15.2 Å². The topological polar surface area (TPSA) is 31.4 Å². The van der Waals surface area contributed by atoms with E-state index >= 15 is 0 Å². The number of hydrogen-bond acceptors (Lipinski definition) is 5. The molecule has 0 aromatic carbocycles. The van der Waals surface area contributed by atoms with Gasteiger partial charge in [-0.1, -0.05) is 0 Å². The summed E-state index contributed by atoms with van der Waals surface area (Å²) in [7, 11) is 4.24. The molecule has 0 radical (unpaired) electrons. The van der Waals surface area contributed by atoms with Crippen LogP contribution in [0.5, 0.6) is 0 Å². The number of rotatable bonds is 8. The molecule has 0 saturated heterocycles. The third-order valence-corrected chi connectivity index (χ3v) is 4.70. The molecule has 1 rings (SSSR count). The largest absolute Gasteiger partial charge is 0.349 e. The summed E-state index contributed by atoms with van der Waals surface area (Å²) in [5, 5.41) is 4.65. The molecular weight excluding hydrogens is 256 g/mol. The van der Waals surface area contributed by atoms with Gasteiger partial charge in [0.15, 0.2) is 5.13 Å². The van der Waals surface area contributed by atoms with E-state index in [-0.39, 0.29) is 5.54 Å². The first-order valence-corrected chi connectivity index (χ1v) is 7.80. The van der Waals surface area contributed by atoms with Crippen molar-refractivity contribution in [3.05, 3.63) is 11.1 Å². The number of thiazole rings is 1. The number of nitrogens with one attached hydrogen (secondary N) is 1. The molecule has 1 aromatic heterocycles. The zero-order chi connectivity index (χ0) is 14.5. The molecule has 0 atom stereocenters. The third-order valence-electron chi connectivity index (χ3n) is 3.64. The van der Waals surface area contributed by atoms with Crippen LogP contribution in [0.2, 0.25) is 0 Å². The minimum Gasteiger partial charge on any atom is -0.349 e. The molecule has 0 fully saturated rings. The summed E-state index contributed by atoms with van der Waals surface area (Å²) >= 11 is 1.79.